The Morgan fingerprint density at radius 2 is 2.20 bits per heavy atom. The van der Waals surface area contributed by atoms with Crippen molar-refractivity contribution >= 4 is 11.6 Å². The number of benzene rings is 1. The van der Waals surface area contributed by atoms with Crippen LogP contribution in [0.1, 0.15) is 25.5 Å². The molecular weight excluding hydrogens is 210 g/mol. The molecule has 0 saturated carbocycles. The van der Waals surface area contributed by atoms with E-state index in [1.54, 1.807) is 0 Å². The number of nitrogens with one attached hydrogen (secondary N) is 1. The minimum Gasteiger partial charge on any atom is -0.380 e. The van der Waals surface area contributed by atoms with Gasteiger partial charge in [0.1, 0.15) is 0 Å². The summed E-state index contributed by atoms with van der Waals surface area (Å²) in [7, 11) is 0. The van der Waals surface area contributed by atoms with Crippen LogP contribution in [0.5, 0.6) is 0 Å². The molecule has 0 saturated heterocycles. The van der Waals surface area contributed by atoms with Crippen molar-refractivity contribution in [3.8, 4) is 0 Å². The van der Waals surface area contributed by atoms with Crippen molar-refractivity contribution in [3.05, 3.63) is 34.9 Å². The average molecular weight is 228 g/mol. The van der Waals surface area contributed by atoms with Gasteiger partial charge in [0.25, 0.3) is 0 Å². The van der Waals surface area contributed by atoms with Crippen molar-refractivity contribution in [1.82, 2.24) is 5.32 Å². The second-order valence-electron chi connectivity index (χ2n) is 3.32. The van der Waals surface area contributed by atoms with E-state index in [1.807, 2.05) is 25.1 Å². The van der Waals surface area contributed by atoms with Gasteiger partial charge in [-0.25, -0.2) is 0 Å². The van der Waals surface area contributed by atoms with Gasteiger partial charge in [-0.1, -0.05) is 30.7 Å². The Kier molecular flexibility index (Phi) is 5.69. The van der Waals surface area contributed by atoms with Gasteiger partial charge >= 0.3 is 0 Å². The molecule has 1 atom stereocenters. The van der Waals surface area contributed by atoms with Crippen LogP contribution >= 0.6 is 11.6 Å². The first-order valence-corrected chi connectivity index (χ1v) is 5.72. The van der Waals surface area contributed by atoms with Crippen molar-refractivity contribution in [2.24, 2.45) is 0 Å². The standard InChI is InChI=1S/C12H18ClNO/c1-3-14-12(9-15-4-2)10-6-5-7-11(13)8-10/h5-8,12,14H,3-4,9H2,1-2H3. The van der Waals surface area contributed by atoms with Crippen LogP contribution in [0.2, 0.25) is 5.02 Å². The Morgan fingerprint density at radius 1 is 1.40 bits per heavy atom. The predicted molar refractivity (Wildman–Crippen MR) is 64.4 cm³/mol. The third-order valence-corrected chi connectivity index (χ3v) is 2.43. The maximum absolute atomic E-state index is 5.95. The van der Waals surface area contributed by atoms with Crippen LogP contribution in [-0.2, 0) is 4.74 Å². The maximum Gasteiger partial charge on any atom is 0.0661 e. The summed E-state index contributed by atoms with van der Waals surface area (Å²) in [5, 5.41) is 4.15. The summed E-state index contributed by atoms with van der Waals surface area (Å²) < 4.78 is 5.44. The Hall–Kier alpha value is -0.570. The van der Waals surface area contributed by atoms with Crippen molar-refractivity contribution in [1.29, 1.82) is 0 Å². The summed E-state index contributed by atoms with van der Waals surface area (Å²) in [6.45, 7) is 6.43. The molecule has 0 aliphatic rings. The summed E-state index contributed by atoms with van der Waals surface area (Å²) in [4.78, 5) is 0. The van der Waals surface area contributed by atoms with Crippen LogP contribution in [0, 0.1) is 0 Å². The molecule has 0 fully saturated rings. The molecule has 2 nitrogen and oxygen atoms in total. The van der Waals surface area contributed by atoms with Crippen molar-refractivity contribution in [2.45, 2.75) is 19.9 Å². The molecule has 84 valence electrons. The first-order valence-electron chi connectivity index (χ1n) is 5.34. The fraction of sp³-hybridized carbons (Fsp3) is 0.500. The second kappa shape index (κ2) is 6.83. The summed E-state index contributed by atoms with van der Waals surface area (Å²) in [5.74, 6) is 0. The van der Waals surface area contributed by atoms with Crippen LogP contribution in [0.4, 0.5) is 0 Å². The second-order valence-corrected chi connectivity index (χ2v) is 3.76. The molecule has 0 aromatic heterocycles. The van der Waals surface area contributed by atoms with E-state index in [4.69, 9.17) is 16.3 Å². The van der Waals surface area contributed by atoms with Gasteiger partial charge in [0.05, 0.1) is 12.6 Å². The number of halogens is 1. The van der Waals surface area contributed by atoms with Gasteiger partial charge in [-0.3, -0.25) is 0 Å². The van der Waals surface area contributed by atoms with Crippen LogP contribution in [0.25, 0.3) is 0 Å². The van der Waals surface area contributed by atoms with E-state index in [9.17, 15) is 0 Å². The Morgan fingerprint density at radius 3 is 2.80 bits per heavy atom. The van der Waals surface area contributed by atoms with Crippen molar-refractivity contribution in [2.75, 3.05) is 19.8 Å². The first-order chi connectivity index (χ1) is 7.27. The Labute approximate surface area is 96.6 Å². The molecule has 1 rings (SSSR count). The number of ether oxygens (including phenoxy) is 1. The van der Waals surface area contributed by atoms with E-state index in [1.165, 1.54) is 5.56 Å². The summed E-state index contributed by atoms with van der Waals surface area (Å²) in [6.07, 6.45) is 0. The molecule has 0 aliphatic heterocycles. The zero-order valence-electron chi connectivity index (χ0n) is 9.29. The molecule has 0 aliphatic carbocycles. The van der Waals surface area contributed by atoms with E-state index < -0.39 is 0 Å². The number of hydrogen-bond acceptors (Lipinski definition) is 2. The summed E-state index contributed by atoms with van der Waals surface area (Å²) in [5.41, 5.74) is 1.18. The fourth-order valence-corrected chi connectivity index (χ4v) is 1.68. The van der Waals surface area contributed by atoms with Gasteiger partial charge < -0.3 is 10.1 Å². The molecule has 1 aromatic rings. The minimum atomic E-state index is 0.230. The topological polar surface area (TPSA) is 21.3 Å². The molecular formula is C12H18ClNO. The van der Waals surface area contributed by atoms with Crippen LogP contribution < -0.4 is 5.32 Å². The molecule has 1 N–H and O–H groups in total. The number of rotatable bonds is 6. The third kappa shape index (κ3) is 4.20. The maximum atomic E-state index is 5.95. The Balaban J connectivity index is 2.69. The third-order valence-electron chi connectivity index (χ3n) is 2.19. The van der Waals surface area contributed by atoms with Gasteiger partial charge in [0, 0.05) is 11.6 Å². The highest BCUT2D eigenvalue weighted by molar-refractivity contribution is 6.30. The summed E-state index contributed by atoms with van der Waals surface area (Å²) in [6, 6.07) is 8.13. The lowest BCUT2D eigenvalue weighted by molar-refractivity contribution is 0.123. The molecule has 1 aromatic carbocycles. The first kappa shape index (κ1) is 12.5. The Bertz CT molecular complexity index is 291. The largest absolute Gasteiger partial charge is 0.380 e. The highest BCUT2D eigenvalue weighted by Gasteiger charge is 2.09. The van der Waals surface area contributed by atoms with Gasteiger partial charge in [-0.15, -0.1) is 0 Å². The normalized spacial score (nSPS) is 12.7. The van der Waals surface area contributed by atoms with E-state index >= 15 is 0 Å². The minimum absolute atomic E-state index is 0.230. The van der Waals surface area contributed by atoms with Crippen LogP contribution in [-0.4, -0.2) is 19.8 Å². The van der Waals surface area contributed by atoms with Gasteiger partial charge in [0.2, 0.25) is 0 Å². The molecule has 0 radical (unpaired) electrons. The highest BCUT2D eigenvalue weighted by atomic mass is 35.5. The molecule has 0 spiro atoms. The van der Waals surface area contributed by atoms with E-state index in [2.05, 4.69) is 18.3 Å². The molecule has 0 heterocycles. The van der Waals surface area contributed by atoms with Crippen LogP contribution in [0.3, 0.4) is 0 Å². The van der Waals surface area contributed by atoms with Crippen molar-refractivity contribution < 1.29 is 4.74 Å². The molecule has 15 heavy (non-hydrogen) atoms. The number of hydrogen-bond donors (Lipinski definition) is 1. The van der Waals surface area contributed by atoms with Gasteiger partial charge in [-0.2, -0.15) is 0 Å². The average Bonchev–Trinajstić information content (AvgIpc) is 2.24. The van der Waals surface area contributed by atoms with Crippen LogP contribution in [0.15, 0.2) is 24.3 Å². The molecule has 0 bridgehead atoms. The lowest BCUT2D eigenvalue weighted by atomic mass is 10.1. The van der Waals surface area contributed by atoms with E-state index in [0.29, 0.717) is 6.61 Å². The zero-order chi connectivity index (χ0) is 11.1. The fourth-order valence-electron chi connectivity index (χ4n) is 1.48. The number of likely N-dealkylation sites (N-methyl/N-ethyl adjacent to an activating group) is 1. The van der Waals surface area contributed by atoms with E-state index in [0.717, 1.165) is 18.2 Å². The molecule has 0 amide bonds. The highest BCUT2D eigenvalue weighted by Crippen LogP contribution is 2.18. The SMILES string of the molecule is CCNC(COCC)c1cccc(Cl)c1. The van der Waals surface area contributed by atoms with Gasteiger partial charge in [0.15, 0.2) is 0 Å². The lowest BCUT2D eigenvalue weighted by Gasteiger charge is -2.18. The predicted octanol–water partition coefficient (Wildman–Crippen LogP) is 3.03. The molecule has 1 unspecified atom stereocenters. The zero-order valence-corrected chi connectivity index (χ0v) is 10.1. The monoisotopic (exact) mass is 227 g/mol. The smallest absolute Gasteiger partial charge is 0.0661 e. The van der Waals surface area contributed by atoms with Gasteiger partial charge in [-0.05, 0) is 31.2 Å². The van der Waals surface area contributed by atoms with E-state index in [-0.39, 0.29) is 6.04 Å². The summed E-state index contributed by atoms with van der Waals surface area (Å²) >= 11 is 5.95. The quantitative estimate of drug-likeness (QED) is 0.807. The molecule has 3 heteroatoms. The van der Waals surface area contributed by atoms with Crippen molar-refractivity contribution in [3.63, 3.8) is 0 Å². The lowest BCUT2D eigenvalue weighted by Crippen LogP contribution is -2.25.